The second-order valence-corrected chi connectivity index (χ2v) is 6.72. The minimum atomic E-state index is -0.446. The van der Waals surface area contributed by atoms with E-state index in [1.807, 2.05) is 34.8 Å². The fraction of sp³-hybridized carbons (Fsp3) is 0.182. The van der Waals surface area contributed by atoms with Gasteiger partial charge >= 0.3 is 5.97 Å². The van der Waals surface area contributed by atoms with Gasteiger partial charge in [-0.25, -0.2) is 9.31 Å². The first-order valence-electron chi connectivity index (χ1n) is 9.15. The van der Waals surface area contributed by atoms with Crippen LogP contribution in [-0.4, -0.2) is 22.2 Å². The van der Waals surface area contributed by atoms with Crippen LogP contribution < -0.4 is 0 Å². The van der Waals surface area contributed by atoms with Gasteiger partial charge in [-0.15, -0.1) is 0 Å². The van der Waals surface area contributed by atoms with E-state index in [4.69, 9.17) is 25.9 Å². The smallest absolute Gasteiger partial charge is 0.341 e. The lowest BCUT2D eigenvalue weighted by molar-refractivity contribution is 0.0527. The lowest BCUT2D eigenvalue weighted by Gasteiger charge is -2.15. The molecule has 0 saturated heterocycles. The van der Waals surface area contributed by atoms with Crippen molar-refractivity contribution in [2.75, 3.05) is 6.61 Å². The van der Waals surface area contributed by atoms with Gasteiger partial charge in [-0.2, -0.15) is 5.10 Å². The quantitative estimate of drug-likeness (QED) is 0.410. The highest BCUT2D eigenvalue weighted by Crippen LogP contribution is 2.36. The summed E-state index contributed by atoms with van der Waals surface area (Å²) in [4.78, 5) is 13.0. The Morgan fingerprint density at radius 3 is 2.71 bits per heavy atom. The van der Waals surface area contributed by atoms with Crippen LogP contribution >= 0.6 is 11.6 Å². The molecule has 0 amide bonds. The topological polar surface area (TPSA) is 56.7 Å². The molecule has 142 valence electrons. The molecule has 28 heavy (non-hydrogen) atoms. The van der Waals surface area contributed by atoms with Gasteiger partial charge in [0.15, 0.2) is 5.76 Å². The van der Waals surface area contributed by atoms with Gasteiger partial charge in [0, 0.05) is 16.3 Å². The number of fused-ring (bicyclic) bond motifs is 1. The van der Waals surface area contributed by atoms with Crippen LogP contribution in [0.5, 0.6) is 0 Å². The highest BCUT2D eigenvalue weighted by Gasteiger charge is 2.26. The van der Waals surface area contributed by atoms with Crippen molar-refractivity contribution in [2.45, 2.75) is 20.3 Å². The van der Waals surface area contributed by atoms with Gasteiger partial charge in [-0.1, -0.05) is 30.7 Å². The van der Waals surface area contributed by atoms with Crippen LogP contribution in [0.4, 0.5) is 0 Å². The summed E-state index contributed by atoms with van der Waals surface area (Å²) >= 11 is 6.25. The molecule has 0 unspecified atom stereocenters. The minimum absolute atomic E-state index is 0.262. The number of halogens is 1. The van der Waals surface area contributed by atoms with Crippen molar-refractivity contribution < 1.29 is 13.9 Å². The Hall–Kier alpha value is -3.05. The fourth-order valence-electron chi connectivity index (χ4n) is 3.37. The van der Waals surface area contributed by atoms with Crippen molar-refractivity contribution in [1.82, 2.24) is 9.61 Å². The number of aromatic nitrogens is 2. The van der Waals surface area contributed by atoms with Crippen LogP contribution in [-0.2, 0) is 11.2 Å². The third-order valence-electron chi connectivity index (χ3n) is 4.59. The molecule has 1 aromatic carbocycles. The zero-order valence-corrected chi connectivity index (χ0v) is 16.4. The van der Waals surface area contributed by atoms with Gasteiger partial charge in [0.25, 0.3) is 0 Å². The molecule has 0 spiro atoms. The number of rotatable bonds is 5. The summed E-state index contributed by atoms with van der Waals surface area (Å²) in [5.74, 6) is 0.0575. The Bertz CT molecular complexity index is 1150. The molecule has 0 saturated carbocycles. The Labute approximate surface area is 167 Å². The molecule has 0 fully saturated rings. The van der Waals surface area contributed by atoms with Crippen molar-refractivity contribution >= 4 is 23.1 Å². The van der Waals surface area contributed by atoms with Gasteiger partial charge < -0.3 is 9.15 Å². The highest BCUT2D eigenvalue weighted by molar-refractivity contribution is 6.31. The molecule has 0 aliphatic rings. The number of ether oxygens (including phenoxy) is 1. The standard InChI is InChI=1S/C22H19ClN2O3/c1-3-16-10-11-17-19(14-7-5-8-15(23)13-14)20(22(26)27-4-2)21(24-25(16)17)18-9-6-12-28-18/h5-13H,3-4H2,1-2H3. The van der Waals surface area contributed by atoms with Gasteiger partial charge in [-0.3, -0.25) is 0 Å². The number of carbonyl (C=O) groups is 1. The van der Waals surface area contributed by atoms with E-state index in [-0.39, 0.29) is 6.61 Å². The highest BCUT2D eigenvalue weighted by atomic mass is 35.5. The SMILES string of the molecule is CCOC(=O)c1c(-c2ccco2)nn2c(CC)ccc2c1-c1cccc(Cl)c1. The van der Waals surface area contributed by atoms with Crippen molar-refractivity contribution in [3.05, 3.63) is 71.1 Å². The minimum Gasteiger partial charge on any atom is -0.463 e. The van der Waals surface area contributed by atoms with Crippen LogP contribution in [0.3, 0.4) is 0 Å². The van der Waals surface area contributed by atoms with Gasteiger partial charge in [0.1, 0.15) is 11.3 Å². The van der Waals surface area contributed by atoms with Crippen LogP contribution in [0.2, 0.25) is 5.02 Å². The maximum atomic E-state index is 13.0. The average molecular weight is 395 g/mol. The molecule has 4 aromatic rings. The first kappa shape index (κ1) is 18.3. The normalized spacial score (nSPS) is 11.1. The molecule has 0 radical (unpaired) electrons. The number of hydrogen-bond donors (Lipinski definition) is 0. The van der Waals surface area contributed by atoms with Crippen LogP contribution in [0, 0.1) is 0 Å². The molecule has 0 N–H and O–H groups in total. The number of furan rings is 1. The van der Waals surface area contributed by atoms with E-state index in [9.17, 15) is 4.79 Å². The van der Waals surface area contributed by atoms with Crippen LogP contribution in [0.1, 0.15) is 29.9 Å². The van der Waals surface area contributed by atoms with Crippen molar-refractivity contribution in [3.63, 3.8) is 0 Å². The third-order valence-corrected chi connectivity index (χ3v) is 4.82. The predicted octanol–water partition coefficient (Wildman–Crippen LogP) is 5.65. The van der Waals surface area contributed by atoms with E-state index in [1.54, 1.807) is 31.4 Å². The van der Waals surface area contributed by atoms with E-state index < -0.39 is 5.97 Å². The molecule has 4 rings (SSSR count). The lowest BCUT2D eigenvalue weighted by Crippen LogP contribution is -2.13. The first-order valence-corrected chi connectivity index (χ1v) is 9.53. The molecule has 0 aliphatic carbocycles. The Balaban J connectivity index is 2.15. The average Bonchev–Trinajstić information content (AvgIpc) is 3.36. The predicted molar refractivity (Wildman–Crippen MR) is 109 cm³/mol. The van der Waals surface area contributed by atoms with E-state index in [1.165, 1.54) is 0 Å². The second kappa shape index (κ2) is 7.52. The lowest BCUT2D eigenvalue weighted by atomic mass is 9.97. The molecular formula is C22H19ClN2O3. The number of hydrogen-bond acceptors (Lipinski definition) is 4. The van der Waals surface area contributed by atoms with Gasteiger partial charge in [0.05, 0.1) is 18.4 Å². The maximum Gasteiger partial charge on any atom is 0.341 e. The summed E-state index contributed by atoms with van der Waals surface area (Å²) in [6.45, 7) is 4.11. The summed E-state index contributed by atoms with van der Waals surface area (Å²) < 4.78 is 12.8. The Kier molecular flexibility index (Phi) is 4.92. The molecule has 0 bridgehead atoms. The molecule has 6 heteroatoms. The summed E-state index contributed by atoms with van der Waals surface area (Å²) in [7, 11) is 0. The molecular weight excluding hydrogens is 376 g/mol. The number of benzene rings is 1. The molecule has 0 atom stereocenters. The Morgan fingerprint density at radius 2 is 2.04 bits per heavy atom. The molecule has 5 nitrogen and oxygen atoms in total. The van der Waals surface area contributed by atoms with E-state index in [0.29, 0.717) is 22.0 Å². The third kappa shape index (κ3) is 3.08. The fourth-order valence-corrected chi connectivity index (χ4v) is 3.56. The second-order valence-electron chi connectivity index (χ2n) is 6.28. The van der Waals surface area contributed by atoms with Crippen molar-refractivity contribution in [2.24, 2.45) is 0 Å². The van der Waals surface area contributed by atoms with Crippen molar-refractivity contribution in [3.8, 4) is 22.6 Å². The van der Waals surface area contributed by atoms with Crippen LogP contribution in [0.15, 0.2) is 59.2 Å². The van der Waals surface area contributed by atoms with Gasteiger partial charge in [0.2, 0.25) is 0 Å². The Morgan fingerprint density at radius 1 is 1.18 bits per heavy atom. The zero-order valence-electron chi connectivity index (χ0n) is 15.6. The van der Waals surface area contributed by atoms with Gasteiger partial charge in [-0.05, 0) is 55.3 Å². The molecule has 0 aliphatic heterocycles. The summed E-state index contributed by atoms with van der Waals surface area (Å²) in [5.41, 5.74) is 4.20. The van der Waals surface area contributed by atoms with E-state index in [0.717, 1.165) is 28.8 Å². The number of carbonyl (C=O) groups excluding carboxylic acids is 1. The number of aryl methyl sites for hydroxylation is 1. The summed E-state index contributed by atoms with van der Waals surface area (Å²) in [6, 6.07) is 15.0. The summed E-state index contributed by atoms with van der Waals surface area (Å²) in [6.07, 6.45) is 2.36. The van der Waals surface area contributed by atoms with E-state index >= 15 is 0 Å². The zero-order chi connectivity index (χ0) is 19.7. The summed E-state index contributed by atoms with van der Waals surface area (Å²) in [5, 5.41) is 5.34. The van der Waals surface area contributed by atoms with Crippen LogP contribution in [0.25, 0.3) is 28.1 Å². The molecule has 3 aromatic heterocycles. The monoisotopic (exact) mass is 394 g/mol. The largest absolute Gasteiger partial charge is 0.463 e. The van der Waals surface area contributed by atoms with E-state index in [2.05, 4.69) is 6.92 Å². The first-order chi connectivity index (χ1) is 13.6. The number of esters is 1. The number of nitrogens with zero attached hydrogens (tertiary/aromatic N) is 2. The van der Waals surface area contributed by atoms with Crippen molar-refractivity contribution in [1.29, 1.82) is 0 Å². The maximum absolute atomic E-state index is 13.0. The molecule has 3 heterocycles.